The number of hydrogen-bond acceptors (Lipinski definition) is 3. The van der Waals surface area contributed by atoms with E-state index in [9.17, 15) is 9.59 Å². The molecule has 0 bridgehead atoms. The van der Waals surface area contributed by atoms with Crippen molar-refractivity contribution in [3.05, 3.63) is 77.4 Å². The van der Waals surface area contributed by atoms with E-state index in [0.717, 1.165) is 24.0 Å². The number of likely N-dealkylation sites (tertiary alicyclic amines) is 1. The summed E-state index contributed by atoms with van der Waals surface area (Å²) in [6.07, 6.45) is 4.98. The zero-order chi connectivity index (χ0) is 17.3. The van der Waals surface area contributed by atoms with E-state index >= 15 is 0 Å². The monoisotopic (exact) mass is 333 g/mol. The molecule has 2 aliphatic heterocycles. The standard InChI is InChI=1S/C21H19NO3/c23-19(12-11-16-7-2-1-3-8-16)22-14-6-13-21(15-22)18-10-5-4-9-17(18)20(24)25-21/h1-5,7-12H,6,13-15H2. The highest BCUT2D eigenvalue weighted by molar-refractivity contribution is 5.95. The molecule has 126 valence electrons. The largest absolute Gasteiger partial charge is 0.449 e. The van der Waals surface area contributed by atoms with Crippen LogP contribution in [-0.4, -0.2) is 29.9 Å². The zero-order valence-corrected chi connectivity index (χ0v) is 13.9. The Morgan fingerprint density at radius 1 is 1.08 bits per heavy atom. The summed E-state index contributed by atoms with van der Waals surface area (Å²) >= 11 is 0. The van der Waals surface area contributed by atoms with E-state index in [1.807, 2.05) is 54.6 Å². The van der Waals surface area contributed by atoms with Gasteiger partial charge >= 0.3 is 5.97 Å². The topological polar surface area (TPSA) is 46.6 Å². The lowest BCUT2D eigenvalue weighted by atomic mass is 9.85. The van der Waals surface area contributed by atoms with E-state index < -0.39 is 5.60 Å². The second-order valence-corrected chi connectivity index (χ2v) is 6.54. The van der Waals surface area contributed by atoms with Gasteiger partial charge in [0.2, 0.25) is 5.91 Å². The van der Waals surface area contributed by atoms with Gasteiger partial charge < -0.3 is 9.64 Å². The maximum Gasteiger partial charge on any atom is 0.339 e. The molecule has 2 aliphatic rings. The number of nitrogens with zero attached hydrogens (tertiary/aromatic N) is 1. The smallest absolute Gasteiger partial charge is 0.339 e. The van der Waals surface area contributed by atoms with Gasteiger partial charge in [0, 0.05) is 18.2 Å². The third-order valence-corrected chi connectivity index (χ3v) is 4.91. The first-order valence-electron chi connectivity index (χ1n) is 8.53. The summed E-state index contributed by atoms with van der Waals surface area (Å²) < 4.78 is 5.75. The third-order valence-electron chi connectivity index (χ3n) is 4.91. The van der Waals surface area contributed by atoms with Gasteiger partial charge in [-0.05, 0) is 30.5 Å². The molecule has 4 nitrogen and oxygen atoms in total. The predicted octanol–water partition coefficient (Wildman–Crippen LogP) is 3.39. The summed E-state index contributed by atoms with van der Waals surface area (Å²) in [5, 5.41) is 0. The molecule has 1 amide bonds. The minimum atomic E-state index is -0.692. The van der Waals surface area contributed by atoms with E-state index in [0.29, 0.717) is 18.7 Å². The molecule has 0 aliphatic carbocycles. The molecule has 0 aromatic heterocycles. The van der Waals surface area contributed by atoms with Crippen LogP contribution >= 0.6 is 0 Å². The number of fused-ring (bicyclic) bond motifs is 2. The lowest BCUT2D eigenvalue weighted by Gasteiger charge is -2.39. The Morgan fingerprint density at radius 3 is 2.68 bits per heavy atom. The van der Waals surface area contributed by atoms with Crippen molar-refractivity contribution in [1.29, 1.82) is 0 Å². The van der Waals surface area contributed by atoms with Crippen LogP contribution in [0.15, 0.2) is 60.7 Å². The summed E-state index contributed by atoms with van der Waals surface area (Å²) in [4.78, 5) is 26.6. The van der Waals surface area contributed by atoms with Gasteiger partial charge in [0.15, 0.2) is 5.60 Å². The molecule has 4 heteroatoms. The summed E-state index contributed by atoms with van der Waals surface area (Å²) in [5.41, 5.74) is 1.82. The highest BCUT2D eigenvalue weighted by Gasteiger charge is 2.48. The van der Waals surface area contributed by atoms with Crippen LogP contribution < -0.4 is 0 Å². The van der Waals surface area contributed by atoms with Crippen molar-refractivity contribution in [3.63, 3.8) is 0 Å². The molecule has 2 aromatic carbocycles. The molecule has 1 saturated heterocycles. The Kier molecular flexibility index (Phi) is 3.88. The van der Waals surface area contributed by atoms with Gasteiger partial charge in [0.05, 0.1) is 12.1 Å². The fourth-order valence-electron chi connectivity index (χ4n) is 3.70. The SMILES string of the molecule is O=C1OC2(CCCN(C(=O)C=Cc3ccccc3)C2)c2ccccc21. The summed E-state index contributed by atoms with van der Waals surface area (Å²) in [6.45, 7) is 1.09. The Morgan fingerprint density at radius 2 is 1.84 bits per heavy atom. The van der Waals surface area contributed by atoms with Crippen molar-refractivity contribution in [1.82, 2.24) is 4.90 Å². The van der Waals surface area contributed by atoms with Crippen LogP contribution in [0.4, 0.5) is 0 Å². The van der Waals surface area contributed by atoms with Gasteiger partial charge in [-0.2, -0.15) is 0 Å². The van der Waals surface area contributed by atoms with Crippen molar-refractivity contribution in [2.24, 2.45) is 0 Å². The number of carbonyl (C=O) groups is 2. The summed E-state index contributed by atoms with van der Waals surface area (Å²) in [5.74, 6) is -0.340. The van der Waals surface area contributed by atoms with E-state index in [1.165, 1.54) is 0 Å². The Labute approximate surface area is 146 Å². The van der Waals surface area contributed by atoms with Crippen LogP contribution in [0, 0.1) is 0 Å². The number of rotatable bonds is 2. The fraction of sp³-hybridized carbons (Fsp3) is 0.238. The molecule has 0 saturated carbocycles. The lowest BCUT2D eigenvalue weighted by Crippen LogP contribution is -2.48. The summed E-state index contributed by atoms with van der Waals surface area (Å²) in [7, 11) is 0. The third kappa shape index (κ3) is 2.84. The van der Waals surface area contributed by atoms with E-state index in [-0.39, 0.29) is 11.9 Å². The van der Waals surface area contributed by atoms with Crippen LogP contribution in [0.5, 0.6) is 0 Å². The van der Waals surface area contributed by atoms with Crippen LogP contribution in [-0.2, 0) is 15.1 Å². The molecule has 1 unspecified atom stereocenters. The average Bonchev–Trinajstić information content (AvgIpc) is 2.92. The van der Waals surface area contributed by atoms with Crippen LogP contribution in [0.1, 0.15) is 34.3 Å². The van der Waals surface area contributed by atoms with Crippen molar-refractivity contribution in [2.45, 2.75) is 18.4 Å². The van der Waals surface area contributed by atoms with Crippen LogP contribution in [0.3, 0.4) is 0 Å². The number of hydrogen-bond donors (Lipinski definition) is 0. The Hall–Kier alpha value is -2.88. The first-order valence-corrected chi connectivity index (χ1v) is 8.53. The van der Waals surface area contributed by atoms with Gasteiger partial charge in [0.1, 0.15) is 0 Å². The normalized spacial score (nSPS) is 22.2. The number of benzene rings is 2. The van der Waals surface area contributed by atoms with Crippen molar-refractivity contribution >= 4 is 18.0 Å². The second kappa shape index (κ2) is 6.20. The molecule has 25 heavy (non-hydrogen) atoms. The van der Waals surface area contributed by atoms with Gasteiger partial charge in [-0.3, -0.25) is 4.79 Å². The first kappa shape index (κ1) is 15.6. The summed E-state index contributed by atoms with van der Waals surface area (Å²) in [6, 6.07) is 17.2. The first-order chi connectivity index (χ1) is 12.2. The van der Waals surface area contributed by atoms with Crippen molar-refractivity contribution in [2.75, 3.05) is 13.1 Å². The molecule has 1 spiro atoms. The Bertz CT molecular complexity index is 843. The van der Waals surface area contributed by atoms with Crippen LogP contribution in [0.25, 0.3) is 6.08 Å². The number of ether oxygens (including phenoxy) is 1. The zero-order valence-electron chi connectivity index (χ0n) is 13.9. The molecule has 0 radical (unpaired) electrons. The number of amides is 1. The van der Waals surface area contributed by atoms with Gasteiger partial charge in [0.25, 0.3) is 0 Å². The molecule has 1 atom stereocenters. The number of piperidine rings is 1. The minimum Gasteiger partial charge on any atom is -0.449 e. The molecular weight excluding hydrogens is 314 g/mol. The molecule has 1 fully saturated rings. The molecular formula is C21H19NO3. The van der Waals surface area contributed by atoms with Gasteiger partial charge in [-0.15, -0.1) is 0 Å². The van der Waals surface area contributed by atoms with E-state index in [2.05, 4.69) is 0 Å². The quantitative estimate of drug-likeness (QED) is 0.625. The molecule has 4 rings (SSSR count). The van der Waals surface area contributed by atoms with Crippen molar-refractivity contribution < 1.29 is 14.3 Å². The minimum absolute atomic E-state index is 0.0524. The molecule has 0 N–H and O–H groups in total. The van der Waals surface area contributed by atoms with E-state index in [4.69, 9.17) is 4.74 Å². The maximum absolute atomic E-state index is 12.6. The average molecular weight is 333 g/mol. The molecule has 2 aromatic rings. The second-order valence-electron chi connectivity index (χ2n) is 6.54. The predicted molar refractivity (Wildman–Crippen MR) is 94.8 cm³/mol. The Balaban J connectivity index is 1.55. The lowest BCUT2D eigenvalue weighted by molar-refractivity contribution is -0.133. The number of esters is 1. The fourth-order valence-corrected chi connectivity index (χ4v) is 3.70. The van der Waals surface area contributed by atoms with E-state index in [1.54, 1.807) is 17.0 Å². The van der Waals surface area contributed by atoms with Crippen molar-refractivity contribution in [3.8, 4) is 0 Å². The van der Waals surface area contributed by atoms with Gasteiger partial charge in [-0.1, -0.05) is 48.5 Å². The highest BCUT2D eigenvalue weighted by Crippen LogP contribution is 2.42. The number of carbonyl (C=O) groups excluding carboxylic acids is 2. The highest BCUT2D eigenvalue weighted by atomic mass is 16.6. The van der Waals surface area contributed by atoms with Crippen LogP contribution in [0.2, 0.25) is 0 Å². The maximum atomic E-state index is 12.6. The van der Waals surface area contributed by atoms with Gasteiger partial charge in [-0.25, -0.2) is 4.79 Å². The molecule has 2 heterocycles.